The van der Waals surface area contributed by atoms with Crippen LogP contribution in [0.4, 0.5) is 0 Å². The highest BCUT2D eigenvalue weighted by molar-refractivity contribution is 5.80. The number of guanidine groups is 1. The lowest BCUT2D eigenvalue weighted by Crippen LogP contribution is -2.41. The van der Waals surface area contributed by atoms with E-state index in [1.54, 1.807) is 0 Å². The van der Waals surface area contributed by atoms with Gasteiger partial charge in [-0.15, -0.1) is 0 Å². The van der Waals surface area contributed by atoms with Gasteiger partial charge in [0.2, 0.25) is 0 Å². The molecule has 1 fully saturated rings. The van der Waals surface area contributed by atoms with Gasteiger partial charge >= 0.3 is 0 Å². The van der Waals surface area contributed by atoms with Crippen LogP contribution in [0.2, 0.25) is 0 Å². The average molecular weight is 223 g/mol. The summed E-state index contributed by atoms with van der Waals surface area (Å²) in [5, 5.41) is 6.70. The number of rotatable bonds is 4. The molecule has 2 aliphatic rings. The molecule has 0 aromatic heterocycles. The largest absolute Gasteiger partial charge is 0.356 e. The van der Waals surface area contributed by atoms with Crippen molar-refractivity contribution in [1.29, 1.82) is 0 Å². The summed E-state index contributed by atoms with van der Waals surface area (Å²) in [6, 6.07) is 0. The molecule has 1 aliphatic heterocycles. The predicted molar refractivity (Wildman–Crippen MR) is 68.7 cm³/mol. The first kappa shape index (κ1) is 11.7. The lowest BCUT2D eigenvalue weighted by Gasteiger charge is -2.22. The van der Waals surface area contributed by atoms with Crippen molar-refractivity contribution >= 4 is 5.96 Å². The van der Waals surface area contributed by atoms with Crippen LogP contribution in [-0.2, 0) is 0 Å². The van der Waals surface area contributed by atoms with Gasteiger partial charge in [-0.1, -0.05) is 32.1 Å². The van der Waals surface area contributed by atoms with E-state index in [1.165, 1.54) is 51.4 Å². The predicted octanol–water partition coefficient (Wildman–Crippen LogP) is 2.29. The molecule has 0 radical (unpaired) electrons. The summed E-state index contributed by atoms with van der Waals surface area (Å²) in [5.74, 6) is 2.03. The summed E-state index contributed by atoms with van der Waals surface area (Å²) in [4.78, 5) is 4.41. The Balaban J connectivity index is 1.52. The number of nitrogens with zero attached hydrogens (tertiary/aromatic N) is 1. The van der Waals surface area contributed by atoms with Crippen LogP contribution in [0.15, 0.2) is 4.99 Å². The molecule has 1 aliphatic carbocycles. The Bertz CT molecular complexity index is 219. The first-order valence-electron chi connectivity index (χ1n) is 6.97. The minimum absolute atomic E-state index is 0.984. The van der Waals surface area contributed by atoms with Crippen molar-refractivity contribution in [2.24, 2.45) is 10.9 Å². The van der Waals surface area contributed by atoms with Gasteiger partial charge in [-0.3, -0.25) is 4.99 Å². The Morgan fingerprint density at radius 3 is 2.81 bits per heavy atom. The van der Waals surface area contributed by atoms with Crippen molar-refractivity contribution in [1.82, 2.24) is 10.6 Å². The van der Waals surface area contributed by atoms with Crippen LogP contribution in [0, 0.1) is 5.92 Å². The van der Waals surface area contributed by atoms with Crippen LogP contribution in [-0.4, -0.2) is 25.6 Å². The number of hydrogen-bond acceptors (Lipinski definition) is 3. The molecule has 0 amide bonds. The fourth-order valence-corrected chi connectivity index (χ4v) is 2.72. The fourth-order valence-electron chi connectivity index (χ4n) is 2.72. The molecule has 0 aromatic rings. The summed E-state index contributed by atoms with van der Waals surface area (Å²) in [6.45, 7) is 3.15. The smallest absolute Gasteiger partial charge is 0.191 e. The molecule has 0 aromatic carbocycles. The van der Waals surface area contributed by atoms with Crippen molar-refractivity contribution in [3.8, 4) is 0 Å². The van der Waals surface area contributed by atoms with Gasteiger partial charge in [0.05, 0.1) is 0 Å². The maximum absolute atomic E-state index is 4.41. The summed E-state index contributed by atoms with van der Waals surface area (Å²) >= 11 is 0. The number of nitrogens with one attached hydrogen (secondary N) is 2. The Hall–Kier alpha value is -0.730. The van der Waals surface area contributed by atoms with E-state index < -0.39 is 0 Å². The molecule has 0 atom stereocenters. The SMILES string of the molecule is C1CCC(CCCNC2=NCCCN2)CC1. The number of aliphatic imine (C=N–C) groups is 1. The molecular weight excluding hydrogens is 198 g/mol. The average Bonchev–Trinajstić information content (AvgIpc) is 2.37. The molecule has 0 spiro atoms. The van der Waals surface area contributed by atoms with Crippen LogP contribution >= 0.6 is 0 Å². The van der Waals surface area contributed by atoms with Gasteiger partial charge in [0.15, 0.2) is 5.96 Å². The van der Waals surface area contributed by atoms with E-state index in [9.17, 15) is 0 Å². The zero-order chi connectivity index (χ0) is 11.1. The van der Waals surface area contributed by atoms with E-state index in [-0.39, 0.29) is 0 Å². The second-order valence-electron chi connectivity index (χ2n) is 5.08. The second kappa shape index (κ2) is 6.77. The normalized spacial score (nSPS) is 22.4. The van der Waals surface area contributed by atoms with E-state index in [0.717, 1.165) is 31.5 Å². The van der Waals surface area contributed by atoms with Crippen LogP contribution in [0.5, 0.6) is 0 Å². The minimum atomic E-state index is 0.984. The molecule has 2 rings (SSSR count). The van der Waals surface area contributed by atoms with Crippen LogP contribution < -0.4 is 10.6 Å². The van der Waals surface area contributed by atoms with Crippen molar-refractivity contribution in [2.75, 3.05) is 19.6 Å². The highest BCUT2D eigenvalue weighted by Crippen LogP contribution is 2.26. The van der Waals surface area contributed by atoms with Crippen molar-refractivity contribution < 1.29 is 0 Å². The van der Waals surface area contributed by atoms with Crippen molar-refractivity contribution in [3.63, 3.8) is 0 Å². The van der Waals surface area contributed by atoms with E-state index in [2.05, 4.69) is 15.6 Å². The van der Waals surface area contributed by atoms with Gasteiger partial charge in [-0.05, 0) is 25.2 Å². The van der Waals surface area contributed by atoms with E-state index in [0.29, 0.717) is 0 Å². The highest BCUT2D eigenvalue weighted by Gasteiger charge is 2.12. The highest BCUT2D eigenvalue weighted by atomic mass is 15.2. The monoisotopic (exact) mass is 223 g/mol. The molecular formula is C13H25N3. The maximum atomic E-state index is 4.41. The summed E-state index contributed by atoms with van der Waals surface area (Å²) in [5.41, 5.74) is 0. The third kappa shape index (κ3) is 4.03. The third-order valence-electron chi connectivity index (χ3n) is 3.70. The first-order chi connectivity index (χ1) is 7.95. The number of hydrogen-bond donors (Lipinski definition) is 2. The topological polar surface area (TPSA) is 36.4 Å². The van der Waals surface area contributed by atoms with Gasteiger partial charge in [0.25, 0.3) is 0 Å². The minimum Gasteiger partial charge on any atom is -0.356 e. The van der Waals surface area contributed by atoms with Gasteiger partial charge in [0, 0.05) is 19.6 Å². The zero-order valence-electron chi connectivity index (χ0n) is 10.3. The summed E-state index contributed by atoms with van der Waals surface area (Å²) < 4.78 is 0. The molecule has 92 valence electrons. The Kier molecular flexibility index (Phi) is 4.97. The quantitative estimate of drug-likeness (QED) is 0.717. The molecule has 0 bridgehead atoms. The fraction of sp³-hybridized carbons (Fsp3) is 0.923. The first-order valence-corrected chi connectivity index (χ1v) is 6.97. The van der Waals surface area contributed by atoms with E-state index in [4.69, 9.17) is 0 Å². The molecule has 0 unspecified atom stereocenters. The molecule has 2 N–H and O–H groups in total. The van der Waals surface area contributed by atoms with Crippen LogP contribution in [0.1, 0.15) is 51.4 Å². The summed E-state index contributed by atoms with van der Waals surface area (Å²) in [6.07, 6.45) is 11.2. The zero-order valence-corrected chi connectivity index (χ0v) is 10.3. The van der Waals surface area contributed by atoms with E-state index in [1.807, 2.05) is 0 Å². The molecule has 1 saturated carbocycles. The van der Waals surface area contributed by atoms with Gasteiger partial charge in [-0.2, -0.15) is 0 Å². The molecule has 3 heteroatoms. The third-order valence-corrected chi connectivity index (χ3v) is 3.70. The van der Waals surface area contributed by atoms with Crippen LogP contribution in [0.3, 0.4) is 0 Å². The van der Waals surface area contributed by atoms with Crippen LogP contribution in [0.25, 0.3) is 0 Å². The molecule has 1 heterocycles. The Morgan fingerprint density at radius 1 is 1.19 bits per heavy atom. The van der Waals surface area contributed by atoms with E-state index >= 15 is 0 Å². The van der Waals surface area contributed by atoms with Gasteiger partial charge in [0.1, 0.15) is 0 Å². The molecule has 16 heavy (non-hydrogen) atoms. The molecule has 0 saturated heterocycles. The lowest BCUT2D eigenvalue weighted by molar-refractivity contribution is 0.332. The Labute approximate surface area is 99.1 Å². The standard InChI is InChI=1S/C13H25N3/c1-2-6-12(7-3-1)8-4-9-14-13-15-10-5-11-16-13/h12H,1-11H2,(H2,14,15,16). The maximum Gasteiger partial charge on any atom is 0.191 e. The van der Waals surface area contributed by atoms with Gasteiger partial charge in [-0.25, -0.2) is 0 Å². The second-order valence-corrected chi connectivity index (χ2v) is 5.08. The van der Waals surface area contributed by atoms with Crippen molar-refractivity contribution in [3.05, 3.63) is 0 Å². The molecule has 3 nitrogen and oxygen atoms in total. The van der Waals surface area contributed by atoms with Gasteiger partial charge < -0.3 is 10.6 Å². The summed E-state index contributed by atoms with van der Waals surface area (Å²) in [7, 11) is 0. The lowest BCUT2D eigenvalue weighted by atomic mass is 9.86. The van der Waals surface area contributed by atoms with Crippen molar-refractivity contribution in [2.45, 2.75) is 51.4 Å². The Morgan fingerprint density at radius 2 is 2.06 bits per heavy atom.